The largest absolute Gasteiger partial charge is 0.456 e. The minimum absolute atomic E-state index is 0.176. The van der Waals surface area contributed by atoms with Gasteiger partial charge in [-0.2, -0.15) is 0 Å². The van der Waals surface area contributed by atoms with E-state index in [-0.39, 0.29) is 11.6 Å². The van der Waals surface area contributed by atoms with Gasteiger partial charge < -0.3 is 4.74 Å². The highest BCUT2D eigenvalue weighted by Gasteiger charge is 2.63. The fraction of sp³-hybridized carbons (Fsp3) is 0.833. The first kappa shape index (κ1) is 14.2. The minimum atomic E-state index is -0.179. The summed E-state index contributed by atoms with van der Waals surface area (Å²) >= 11 is 0. The van der Waals surface area contributed by atoms with Gasteiger partial charge in [0.05, 0.1) is 0 Å². The molecule has 0 heterocycles. The summed E-state index contributed by atoms with van der Waals surface area (Å²) in [6.45, 7) is 10.2. The highest BCUT2D eigenvalue weighted by Crippen LogP contribution is 2.69. The van der Waals surface area contributed by atoms with Gasteiger partial charge in [-0.15, -0.1) is 0 Å². The van der Waals surface area contributed by atoms with E-state index in [1.165, 1.54) is 32.1 Å². The van der Waals surface area contributed by atoms with Crippen LogP contribution in [-0.4, -0.2) is 11.6 Å². The summed E-state index contributed by atoms with van der Waals surface area (Å²) in [6, 6.07) is 0. The predicted molar refractivity (Wildman–Crippen MR) is 80.3 cm³/mol. The van der Waals surface area contributed by atoms with Gasteiger partial charge in [-0.25, -0.2) is 4.79 Å². The quantitative estimate of drug-likeness (QED) is 0.552. The standard InChI is InChI=1S/C18H28O2/c1-5-16-7-14-8-17(6-2,10-16)12-18(9-14,11-16)20-15(19)13(3)4/h14H,3,5-12H2,1-2,4H3. The van der Waals surface area contributed by atoms with Crippen molar-refractivity contribution < 1.29 is 9.53 Å². The summed E-state index contributed by atoms with van der Waals surface area (Å²) in [7, 11) is 0. The molecule has 0 saturated heterocycles. The smallest absolute Gasteiger partial charge is 0.333 e. The Morgan fingerprint density at radius 2 is 1.65 bits per heavy atom. The summed E-state index contributed by atoms with van der Waals surface area (Å²) in [6.07, 6.45) is 9.82. The van der Waals surface area contributed by atoms with Crippen molar-refractivity contribution in [2.75, 3.05) is 0 Å². The zero-order chi connectivity index (χ0) is 14.6. The normalized spacial score (nSPS) is 45.5. The Labute approximate surface area is 123 Å². The van der Waals surface area contributed by atoms with Crippen LogP contribution in [0.5, 0.6) is 0 Å². The molecule has 20 heavy (non-hydrogen) atoms. The lowest BCUT2D eigenvalue weighted by Crippen LogP contribution is -2.61. The van der Waals surface area contributed by atoms with Crippen LogP contribution in [0.15, 0.2) is 12.2 Å². The zero-order valence-corrected chi connectivity index (χ0v) is 13.3. The molecule has 0 spiro atoms. The fourth-order valence-electron chi connectivity index (χ4n) is 5.94. The Morgan fingerprint density at radius 1 is 1.10 bits per heavy atom. The molecule has 4 fully saturated rings. The highest BCUT2D eigenvalue weighted by molar-refractivity contribution is 5.87. The minimum Gasteiger partial charge on any atom is -0.456 e. The SMILES string of the molecule is C=C(C)C(=O)OC12CC3CC(CC)(CC(CC)(C3)C1)C2. The van der Waals surface area contributed by atoms with Crippen LogP contribution < -0.4 is 0 Å². The molecule has 0 aliphatic heterocycles. The van der Waals surface area contributed by atoms with Gasteiger partial charge in [0.2, 0.25) is 0 Å². The summed E-state index contributed by atoms with van der Waals surface area (Å²) in [4.78, 5) is 12.1. The van der Waals surface area contributed by atoms with Gasteiger partial charge >= 0.3 is 5.97 Å². The predicted octanol–water partition coefficient (Wildman–Crippen LogP) is 4.63. The molecule has 4 bridgehead atoms. The first-order valence-corrected chi connectivity index (χ1v) is 8.24. The van der Waals surface area contributed by atoms with Crippen molar-refractivity contribution in [3.05, 3.63) is 12.2 Å². The number of hydrogen-bond acceptors (Lipinski definition) is 2. The first-order chi connectivity index (χ1) is 9.36. The molecule has 4 rings (SSSR count). The topological polar surface area (TPSA) is 26.3 Å². The van der Waals surface area contributed by atoms with Crippen LogP contribution >= 0.6 is 0 Å². The number of rotatable bonds is 4. The van der Waals surface area contributed by atoms with Crippen LogP contribution in [0.3, 0.4) is 0 Å². The van der Waals surface area contributed by atoms with E-state index in [0.717, 1.165) is 25.2 Å². The third-order valence-electron chi connectivity index (χ3n) is 6.41. The van der Waals surface area contributed by atoms with Crippen molar-refractivity contribution in [3.63, 3.8) is 0 Å². The Hall–Kier alpha value is -0.790. The van der Waals surface area contributed by atoms with Gasteiger partial charge in [0.25, 0.3) is 0 Å². The van der Waals surface area contributed by atoms with Crippen LogP contribution in [0.1, 0.15) is 72.1 Å². The molecule has 2 atom stereocenters. The first-order valence-electron chi connectivity index (χ1n) is 8.24. The number of ether oxygens (including phenoxy) is 1. The second kappa shape index (κ2) is 4.35. The second-order valence-corrected chi connectivity index (χ2v) is 8.07. The molecule has 4 saturated carbocycles. The molecular weight excluding hydrogens is 248 g/mol. The molecule has 0 amide bonds. The summed E-state index contributed by atoms with van der Waals surface area (Å²) < 4.78 is 6.03. The fourth-order valence-corrected chi connectivity index (χ4v) is 5.94. The Bertz CT molecular complexity index is 430. The monoisotopic (exact) mass is 276 g/mol. The average molecular weight is 276 g/mol. The molecule has 0 radical (unpaired) electrons. The van der Waals surface area contributed by atoms with Gasteiger partial charge in [0.1, 0.15) is 5.60 Å². The molecule has 0 aromatic carbocycles. The van der Waals surface area contributed by atoms with Crippen LogP contribution in [0, 0.1) is 16.7 Å². The van der Waals surface area contributed by atoms with E-state index in [4.69, 9.17) is 4.74 Å². The van der Waals surface area contributed by atoms with Gasteiger partial charge in [-0.3, -0.25) is 0 Å². The van der Waals surface area contributed by atoms with Crippen molar-refractivity contribution in [1.29, 1.82) is 0 Å². The molecule has 2 nitrogen and oxygen atoms in total. The molecule has 4 aliphatic carbocycles. The molecule has 0 N–H and O–H groups in total. The van der Waals surface area contributed by atoms with Crippen LogP contribution in [0.25, 0.3) is 0 Å². The van der Waals surface area contributed by atoms with Crippen molar-refractivity contribution in [1.82, 2.24) is 0 Å². The van der Waals surface area contributed by atoms with E-state index in [9.17, 15) is 4.79 Å². The maximum Gasteiger partial charge on any atom is 0.333 e. The molecule has 0 aromatic rings. The van der Waals surface area contributed by atoms with Crippen molar-refractivity contribution in [3.8, 4) is 0 Å². The maximum absolute atomic E-state index is 12.1. The molecule has 0 aromatic heterocycles. The van der Waals surface area contributed by atoms with E-state index in [2.05, 4.69) is 20.4 Å². The number of hydrogen-bond donors (Lipinski definition) is 0. The highest BCUT2D eigenvalue weighted by atomic mass is 16.6. The van der Waals surface area contributed by atoms with E-state index in [1.54, 1.807) is 6.92 Å². The van der Waals surface area contributed by atoms with Crippen molar-refractivity contribution in [2.45, 2.75) is 77.7 Å². The second-order valence-electron chi connectivity index (χ2n) is 8.07. The summed E-state index contributed by atoms with van der Waals surface area (Å²) in [5.74, 6) is 0.591. The van der Waals surface area contributed by atoms with Gasteiger partial charge in [-0.05, 0) is 62.2 Å². The van der Waals surface area contributed by atoms with Crippen molar-refractivity contribution in [2.24, 2.45) is 16.7 Å². The Kier molecular flexibility index (Phi) is 3.08. The van der Waals surface area contributed by atoms with E-state index < -0.39 is 0 Å². The number of carbonyl (C=O) groups is 1. The Balaban J connectivity index is 1.92. The summed E-state index contributed by atoms with van der Waals surface area (Å²) in [5.41, 5.74) is 1.23. The molecule has 2 unspecified atom stereocenters. The number of esters is 1. The molecule has 2 heteroatoms. The average Bonchev–Trinajstić information content (AvgIpc) is 2.36. The van der Waals surface area contributed by atoms with Crippen molar-refractivity contribution >= 4 is 5.97 Å². The molecule has 4 aliphatic rings. The van der Waals surface area contributed by atoms with Gasteiger partial charge in [-0.1, -0.05) is 33.3 Å². The van der Waals surface area contributed by atoms with Gasteiger partial charge in [0.15, 0.2) is 0 Å². The van der Waals surface area contributed by atoms with Crippen LogP contribution in [0.4, 0.5) is 0 Å². The third kappa shape index (κ3) is 2.03. The molecular formula is C18H28O2. The zero-order valence-electron chi connectivity index (χ0n) is 13.3. The van der Waals surface area contributed by atoms with Gasteiger partial charge in [0, 0.05) is 5.57 Å². The maximum atomic E-state index is 12.1. The lowest BCUT2D eigenvalue weighted by Gasteiger charge is -2.66. The Morgan fingerprint density at radius 3 is 2.10 bits per heavy atom. The van der Waals surface area contributed by atoms with Crippen LogP contribution in [-0.2, 0) is 9.53 Å². The van der Waals surface area contributed by atoms with E-state index in [1.807, 2.05) is 0 Å². The third-order valence-corrected chi connectivity index (χ3v) is 6.41. The van der Waals surface area contributed by atoms with E-state index >= 15 is 0 Å². The summed E-state index contributed by atoms with van der Waals surface area (Å²) in [5, 5.41) is 0. The van der Waals surface area contributed by atoms with E-state index in [0.29, 0.717) is 16.4 Å². The molecule has 112 valence electrons. The number of carbonyl (C=O) groups excluding carboxylic acids is 1. The lowest BCUT2D eigenvalue weighted by atomic mass is 9.41. The lowest BCUT2D eigenvalue weighted by molar-refractivity contribution is -0.221. The van der Waals surface area contributed by atoms with Crippen LogP contribution in [0.2, 0.25) is 0 Å².